The molecule has 0 amide bonds. The monoisotopic (exact) mass is 195 g/mol. The van der Waals surface area contributed by atoms with E-state index >= 15 is 0 Å². The van der Waals surface area contributed by atoms with Gasteiger partial charge in [-0.05, 0) is 25.0 Å². The molecule has 1 aromatic carbocycles. The lowest BCUT2D eigenvalue weighted by atomic mass is 9.96. The van der Waals surface area contributed by atoms with Crippen LogP contribution in [-0.4, -0.2) is 16.8 Å². The molecule has 0 radical (unpaired) electrons. The van der Waals surface area contributed by atoms with Crippen molar-refractivity contribution in [3.8, 4) is 0 Å². The van der Waals surface area contributed by atoms with Crippen LogP contribution in [0.4, 0.5) is 0 Å². The van der Waals surface area contributed by atoms with E-state index in [9.17, 15) is 5.11 Å². The lowest BCUT2D eigenvalue weighted by molar-refractivity contribution is 0.0786. The van der Waals surface area contributed by atoms with Gasteiger partial charge in [0, 0.05) is 0 Å². The van der Waals surface area contributed by atoms with Crippen molar-refractivity contribution in [3.05, 3.63) is 35.4 Å². The Kier molecular flexibility index (Phi) is 3.26. The molecular weight excluding hydrogens is 178 g/mol. The van der Waals surface area contributed by atoms with Gasteiger partial charge in [0.05, 0.1) is 18.2 Å². The van der Waals surface area contributed by atoms with Crippen molar-refractivity contribution in [1.82, 2.24) is 0 Å². The average Bonchev–Trinajstić information content (AvgIpc) is 2.15. The second-order valence-corrected chi connectivity index (χ2v) is 3.97. The minimum Gasteiger partial charge on any atom is -0.394 e. The lowest BCUT2D eigenvalue weighted by Gasteiger charge is -2.18. The largest absolute Gasteiger partial charge is 0.394 e. The van der Waals surface area contributed by atoms with Gasteiger partial charge in [0.1, 0.15) is 0 Å². The fraction of sp³-hybridized carbons (Fsp3) is 0.455. The van der Waals surface area contributed by atoms with Crippen molar-refractivity contribution in [1.29, 1.82) is 0 Å². The molecule has 4 N–H and O–H groups in total. The quantitative estimate of drug-likeness (QED) is 0.671. The van der Waals surface area contributed by atoms with Gasteiger partial charge in [-0.1, -0.05) is 24.3 Å². The summed E-state index contributed by atoms with van der Waals surface area (Å²) in [7, 11) is 0. The zero-order valence-electron chi connectivity index (χ0n) is 8.57. The van der Waals surface area contributed by atoms with Gasteiger partial charge in [0.15, 0.2) is 0 Å². The van der Waals surface area contributed by atoms with E-state index in [1.54, 1.807) is 13.8 Å². The fourth-order valence-corrected chi connectivity index (χ4v) is 1.24. The first-order valence-electron chi connectivity index (χ1n) is 4.64. The number of aliphatic hydroxyl groups excluding tert-OH is 1. The maximum absolute atomic E-state index is 9.70. The van der Waals surface area contributed by atoms with Crippen LogP contribution in [0.5, 0.6) is 0 Å². The Morgan fingerprint density at radius 2 is 1.79 bits per heavy atom. The number of hydrogen-bond donors (Lipinski definition) is 3. The van der Waals surface area contributed by atoms with E-state index in [1.165, 1.54) is 0 Å². The molecule has 1 unspecified atom stereocenters. The predicted molar refractivity (Wildman–Crippen MR) is 55.7 cm³/mol. The summed E-state index contributed by atoms with van der Waals surface area (Å²) in [6, 6.07) is 6.96. The summed E-state index contributed by atoms with van der Waals surface area (Å²) >= 11 is 0. The summed E-state index contributed by atoms with van der Waals surface area (Å²) in [6.07, 6.45) is 0. The van der Waals surface area contributed by atoms with Crippen molar-refractivity contribution in [2.45, 2.75) is 25.5 Å². The first kappa shape index (κ1) is 11.2. The molecule has 3 heteroatoms. The van der Waals surface area contributed by atoms with Gasteiger partial charge in [-0.15, -0.1) is 0 Å². The number of aliphatic hydroxyl groups is 2. The molecule has 3 nitrogen and oxygen atoms in total. The van der Waals surface area contributed by atoms with Crippen molar-refractivity contribution in [2.24, 2.45) is 5.73 Å². The van der Waals surface area contributed by atoms with Crippen LogP contribution in [0.1, 0.15) is 31.0 Å². The van der Waals surface area contributed by atoms with E-state index in [4.69, 9.17) is 10.8 Å². The van der Waals surface area contributed by atoms with E-state index in [1.807, 2.05) is 24.3 Å². The Labute approximate surface area is 84.2 Å². The van der Waals surface area contributed by atoms with Crippen molar-refractivity contribution < 1.29 is 10.2 Å². The van der Waals surface area contributed by atoms with Crippen LogP contribution in [0.25, 0.3) is 0 Å². The molecule has 0 aliphatic heterocycles. The van der Waals surface area contributed by atoms with Crippen molar-refractivity contribution in [2.75, 3.05) is 6.61 Å². The molecule has 1 rings (SSSR count). The highest BCUT2D eigenvalue weighted by molar-refractivity contribution is 5.27. The number of nitrogens with two attached hydrogens (primary N) is 1. The van der Waals surface area contributed by atoms with Gasteiger partial charge in [0.25, 0.3) is 0 Å². The summed E-state index contributed by atoms with van der Waals surface area (Å²) in [4.78, 5) is 0. The Morgan fingerprint density at radius 1 is 1.29 bits per heavy atom. The highest BCUT2D eigenvalue weighted by Crippen LogP contribution is 2.21. The third kappa shape index (κ3) is 2.54. The normalized spacial score (nSPS) is 14.1. The standard InChI is InChI=1S/C11H17NO2/c1-11(2,14)9-5-3-8(4-6-9)10(12)7-13/h3-6,10,13-14H,7,12H2,1-2H3. The first-order chi connectivity index (χ1) is 6.45. The Morgan fingerprint density at radius 3 is 2.14 bits per heavy atom. The highest BCUT2D eigenvalue weighted by atomic mass is 16.3. The van der Waals surface area contributed by atoms with Crippen LogP contribution in [0, 0.1) is 0 Å². The summed E-state index contributed by atoms with van der Waals surface area (Å²) in [5, 5.41) is 18.5. The van der Waals surface area contributed by atoms with Gasteiger partial charge in [-0.3, -0.25) is 0 Å². The molecule has 1 aromatic rings. The number of benzene rings is 1. The third-order valence-corrected chi connectivity index (χ3v) is 2.24. The molecule has 0 aromatic heterocycles. The SMILES string of the molecule is CC(C)(O)c1ccc(C(N)CO)cc1. The molecule has 1 atom stereocenters. The topological polar surface area (TPSA) is 66.5 Å². The molecule has 0 saturated carbocycles. The maximum atomic E-state index is 9.70. The Bertz CT molecular complexity index is 287. The Balaban J connectivity index is 2.89. The molecule has 0 aliphatic carbocycles. The van der Waals surface area contributed by atoms with Crippen LogP contribution >= 0.6 is 0 Å². The molecule has 0 saturated heterocycles. The number of rotatable bonds is 3. The van der Waals surface area contributed by atoms with Crippen LogP contribution in [-0.2, 0) is 5.60 Å². The van der Waals surface area contributed by atoms with Gasteiger partial charge < -0.3 is 15.9 Å². The van der Waals surface area contributed by atoms with Crippen LogP contribution < -0.4 is 5.73 Å². The van der Waals surface area contributed by atoms with E-state index in [2.05, 4.69) is 0 Å². The summed E-state index contributed by atoms with van der Waals surface area (Å²) in [6.45, 7) is 3.39. The minimum absolute atomic E-state index is 0.0676. The van der Waals surface area contributed by atoms with Crippen molar-refractivity contribution in [3.63, 3.8) is 0 Å². The molecular formula is C11H17NO2. The van der Waals surface area contributed by atoms with E-state index < -0.39 is 5.60 Å². The molecule has 0 aliphatic rings. The summed E-state index contributed by atoms with van der Waals surface area (Å²) in [5.74, 6) is 0. The van der Waals surface area contributed by atoms with Gasteiger partial charge in [-0.2, -0.15) is 0 Å². The minimum atomic E-state index is -0.832. The highest BCUT2D eigenvalue weighted by Gasteiger charge is 2.15. The zero-order chi connectivity index (χ0) is 10.8. The van der Waals surface area contributed by atoms with Crippen LogP contribution in [0.2, 0.25) is 0 Å². The van der Waals surface area contributed by atoms with Crippen LogP contribution in [0.3, 0.4) is 0 Å². The van der Waals surface area contributed by atoms with E-state index in [0.29, 0.717) is 0 Å². The van der Waals surface area contributed by atoms with Crippen molar-refractivity contribution >= 4 is 0 Å². The predicted octanol–water partition coefficient (Wildman–Crippen LogP) is 0.906. The Hall–Kier alpha value is -0.900. The van der Waals surface area contributed by atoms with E-state index in [0.717, 1.165) is 11.1 Å². The van der Waals surface area contributed by atoms with Gasteiger partial charge >= 0.3 is 0 Å². The maximum Gasteiger partial charge on any atom is 0.0840 e. The lowest BCUT2D eigenvalue weighted by Crippen LogP contribution is -2.17. The smallest absolute Gasteiger partial charge is 0.0840 e. The first-order valence-corrected chi connectivity index (χ1v) is 4.64. The van der Waals surface area contributed by atoms with Gasteiger partial charge in [-0.25, -0.2) is 0 Å². The molecule has 14 heavy (non-hydrogen) atoms. The molecule has 0 fully saturated rings. The van der Waals surface area contributed by atoms with E-state index in [-0.39, 0.29) is 12.6 Å². The average molecular weight is 195 g/mol. The number of hydrogen-bond acceptors (Lipinski definition) is 3. The second-order valence-electron chi connectivity index (χ2n) is 3.97. The molecule has 0 bridgehead atoms. The fourth-order valence-electron chi connectivity index (χ4n) is 1.24. The molecule has 0 spiro atoms. The van der Waals surface area contributed by atoms with Crippen LogP contribution in [0.15, 0.2) is 24.3 Å². The van der Waals surface area contributed by atoms with Gasteiger partial charge in [0.2, 0.25) is 0 Å². The third-order valence-electron chi connectivity index (χ3n) is 2.24. The molecule has 0 heterocycles. The second kappa shape index (κ2) is 4.09. The summed E-state index contributed by atoms with van der Waals surface area (Å²) in [5.41, 5.74) is 6.52. The molecule has 78 valence electrons. The summed E-state index contributed by atoms with van der Waals surface area (Å²) < 4.78 is 0. The zero-order valence-corrected chi connectivity index (χ0v) is 8.57.